The van der Waals surface area contributed by atoms with E-state index in [2.05, 4.69) is 5.32 Å². The van der Waals surface area contributed by atoms with Gasteiger partial charge < -0.3 is 20.4 Å². The van der Waals surface area contributed by atoms with Crippen molar-refractivity contribution < 1.29 is 13.5 Å². The molecule has 1 aromatic heterocycles. The fourth-order valence-electron chi connectivity index (χ4n) is 3.09. The normalized spacial score (nSPS) is 13.3. The van der Waals surface area contributed by atoms with E-state index < -0.39 is 11.6 Å². The Kier molecular flexibility index (Phi) is 4.96. The summed E-state index contributed by atoms with van der Waals surface area (Å²) in [6, 6.07) is 9.63. The van der Waals surface area contributed by atoms with Crippen LogP contribution in [0.3, 0.4) is 0 Å². The largest absolute Gasteiger partial charge is 0.454 e. The number of ether oxygens (including phenoxy) is 1. The number of anilines is 2. The van der Waals surface area contributed by atoms with Crippen molar-refractivity contribution >= 4 is 11.4 Å². The smallest absolute Gasteiger partial charge is 0.252 e. The Labute approximate surface area is 166 Å². The monoisotopic (exact) mass is 397 g/mol. The van der Waals surface area contributed by atoms with Crippen molar-refractivity contribution in [2.45, 2.75) is 12.8 Å². The Balaban J connectivity index is 1.78. The predicted octanol–water partition coefficient (Wildman–Crippen LogP) is 4.53. The first-order valence-electron chi connectivity index (χ1n) is 9.38. The SMILES string of the molecule is Cn1cc(-c2cc(N)ccc2Oc2ccc(F)cc2F)c(NCC2CC2)cc1=O. The molecule has 0 amide bonds. The molecular weight excluding hydrogens is 376 g/mol. The van der Waals surface area contributed by atoms with Crippen LogP contribution >= 0.6 is 0 Å². The number of aryl methyl sites for hydroxylation is 1. The molecule has 0 bridgehead atoms. The lowest BCUT2D eigenvalue weighted by molar-refractivity contribution is 0.439. The van der Waals surface area contributed by atoms with Crippen molar-refractivity contribution in [3.05, 3.63) is 70.6 Å². The number of hydrogen-bond donors (Lipinski definition) is 2. The maximum Gasteiger partial charge on any atom is 0.252 e. The quantitative estimate of drug-likeness (QED) is 0.600. The molecule has 1 aliphatic rings. The third-order valence-electron chi connectivity index (χ3n) is 4.91. The lowest BCUT2D eigenvalue weighted by Gasteiger charge is -2.17. The van der Waals surface area contributed by atoms with Crippen molar-refractivity contribution in [2.24, 2.45) is 13.0 Å². The topological polar surface area (TPSA) is 69.3 Å². The maximum atomic E-state index is 14.1. The predicted molar refractivity (Wildman–Crippen MR) is 109 cm³/mol. The third-order valence-corrected chi connectivity index (χ3v) is 4.91. The number of nitrogen functional groups attached to an aromatic ring is 1. The van der Waals surface area contributed by atoms with Gasteiger partial charge in [0.2, 0.25) is 0 Å². The Morgan fingerprint density at radius 2 is 1.86 bits per heavy atom. The van der Waals surface area contributed by atoms with Gasteiger partial charge in [-0.25, -0.2) is 8.78 Å². The minimum absolute atomic E-state index is 0.102. The average molecular weight is 397 g/mol. The highest BCUT2D eigenvalue weighted by Gasteiger charge is 2.22. The van der Waals surface area contributed by atoms with E-state index in [1.54, 1.807) is 31.4 Å². The highest BCUT2D eigenvalue weighted by atomic mass is 19.1. The molecule has 0 unspecified atom stereocenters. The first-order valence-corrected chi connectivity index (χ1v) is 9.38. The van der Waals surface area contributed by atoms with Gasteiger partial charge in [-0.05, 0) is 49.1 Å². The summed E-state index contributed by atoms with van der Waals surface area (Å²) in [5, 5.41) is 3.34. The Morgan fingerprint density at radius 3 is 2.59 bits per heavy atom. The molecule has 29 heavy (non-hydrogen) atoms. The second kappa shape index (κ2) is 7.58. The van der Waals surface area contributed by atoms with Crippen LogP contribution in [-0.2, 0) is 7.05 Å². The van der Waals surface area contributed by atoms with Gasteiger partial charge in [0.15, 0.2) is 11.6 Å². The Bertz CT molecular complexity index is 1120. The number of benzene rings is 2. The average Bonchev–Trinajstić information content (AvgIpc) is 3.50. The summed E-state index contributed by atoms with van der Waals surface area (Å²) in [6.45, 7) is 0.769. The number of nitrogens with zero attached hydrogens (tertiary/aromatic N) is 1. The molecule has 150 valence electrons. The molecule has 0 radical (unpaired) electrons. The van der Waals surface area contributed by atoms with Crippen LogP contribution in [0.5, 0.6) is 11.5 Å². The van der Waals surface area contributed by atoms with E-state index in [1.165, 1.54) is 29.5 Å². The lowest BCUT2D eigenvalue weighted by Crippen LogP contribution is -2.17. The molecule has 0 saturated heterocycles. The molecule has 0 spiro atoms. The van der Waals surface area contributed by atoms with Crippen molar-refractivity contribution in [2.75, 3.05) is 17.6 Å². The van der Waals surface area contributed by atoms with E-state index in [4.69, 9.17) is 10.5 Å². The highest BCUT2D eigenvalue weighted by molar-refractivity contribution is 5.83. The lowest BCUT2D eigenvalue weighted by atomic mass is 10.0. The van der Waals surface area contributed by atoms with E-state index in [1.807, 2.05) is 0 Å². The number of nitrogens with one attached hydrogen (secondary N) is 1. The van der Waals surface area contributed by atoms with Gasteiger partial charge in [0.1, 0.15) is 11.6 Å². The van der Waals surface area contributed by atoms with Crippen molar-refractivity contribution in [1.29, 1.82) is 0 Å². The molecule has 1 fully saturated rings. The fourth-order valence-corrected chi connectivity index (χ4v) is 3.09. The second-order valence-corrected chi connectivity index (χ2v) is 7.31. The summed E-state index contributed by atoms with van der Waals surface area (Å²) in [6.07, 6.45) is 4.04. The van der Waals surface area contributed by atoms with Crippen LogP contribution in [0.15, 0.2) is 53.5 Å². The Hall–Kier alpha value is -3.35. The summed E-state index contributed by atoms with van der Waals surface area (Å²) >= 11 is 0. The number of pyridine rings is 1. The summed E-state index contributed by atoms with van der Waals surface area (Å²) in [7, 11) is 1.66. The fraction of sp³-hybridized carbons (Fsp3) is 0.227. The van der Waals surface area contributed by atoms with Gasteiger partial charge in [0.05, 0.1) is 0 Å². The van der Waals surface area contributed by atoms with Crippen molar-refractivity contribution in [3.8, 4) is 22.6 Å². The molecule has 0 aliphatic heterocycles. The van der Waals surface area contributed by atoms with E-state index in [0.717, 1.165) is 18.7 Å². The zero-order valence-corrected chi connectivity index (χ0v) is 15.9. The van der Waals surface area contributed by atoms with Gasteiger partial charge in [-0.2, -0.15) is 0 Å². The number of rotatable bonds is 6. The minimum atomic E-state index is -0.805. The molecule has 1 aliphatic carbocycles. The first kappa shape index (κ1) is 19.0. The standard InChI is InChI=1S/C22H21F2N3O2/c1-27-12-17(19(10-22(27)28)26-11-13-2-3-13)16-9-15(25)5-7-20(16)29-21-6-4-14(23)8-18(21)24/h4-10,12-13,26H,2-3,11,25H2,1H3. The Morgan fingerprint density at radius 1 is 1.10 bits per heavy atom. The van der Waals surface area contributed by atoms with Gasteiger partial charge in [0.25, 0.3) is 5.56 Å². The van der Waals surface area contributed by atoms with E-state index in [9.17, 15) is 13.6 Å². The zero-order valence-electron chi connectivity index (χ0n) is 15.9. The second-order valence-electron chi connectivity index (χ2n) is 7.31. The van der Waals surface area contributed by atoms with Gasteiger partial charge >= 0.3 is 0 Å². The maximum absolute atomic E-state index is 14.1. The van der Waals surface area contributed by atoms with Gasteiger partial charge in [-0.15, -0.1) is 0 Å². The molecule has 3 N–H and O–H groups in total. The van der Waals surface area contributed by atoms with E-state index in [-0.39, 0.29) is 11.3 Å². The zero-order chi connectivity index (χ0) is 20.5. The van der Waals surface area contributed by atoms with E-state index in [0.29, 0.717) is 34.2 Å². The van der Waals surface area contributed by atoms with Crippen LogP contribution < -0.4 is 21.3 Å². The number of hydrogen-bond acceptors (Lipinski definition) is 4. The first-order chi connectivity index (χ1) is 13.9. The molecular formula is C22H21F2N3O2. The van der Waals surface area contributed by atoms with Crippen LogP contribution in [0.2, 0.25) is 0 Å². The molecule has 5 nitrogen and oxygen atoms in total. The van der Waals surface area contributed by atoms with Crippen LogP contribution in [-0.4, -0.2) is 11.1 Å². The van der Waals surface area contributed by atoms with Crippen LogP contribution in [0.4, 0.5) is 20.2 Å². The highest BCUT2D eigenvalue weighted by Crippen LogP contribution is 2.39. The van der Waals surface area contributed by atoms with E-state index >= 15 is 0 Å². The number of nitrogens with two attached hydrogens (primary N) is 1. The molecule has 1 saturated carbocycles. The molecule has 3 aromatic rings. The number of aromatic nitrogens is 1. The van der Waals surface area contributed by atoms with Gasteiger partial charge in [-0.3, -0.25) is 4.79 Å². The molecule has 0 atom stereocenters. The number of halogens is 2. The summed E-state index contributed by atoms with van der Waals surface area (Å²) in [5.41, 5.74) is 8.30. The van der Waals surface area contributed by atoms with Crippen molar-refractivity contribution in [3.63, 3.8) is 0 Å². The summed E-state index contributed by atoms with van der Waals surface area (Å²) in [4.78, 5) is 12.2. The third kappa shape index (κ3) is 4.23. The molecule has 4 rings (SSSR count). The molecule has 1 heterocycles. The minimum Gasteiger partial charge on any atom is -0.454 e. The van der Waals surface area contributed by atoms with Gasteiger partial charge in [-0.1, -0.05) is 0 Å². The van der Waals surface area contributed by atoms with Gasteiger partial charge in [0, 0.05) is 54.4 Å². The van der Waals surface area contributed by atoms with Crippen LogP contribution in [0.25, 0.3) is 11.1 Å². The molecule has 2 aromatic carbocycles. The van der Waals surface area contributed by atoms with Crippen LogP contribution in [0, 0.1) is 17.6 Å². The molecule has 7 heteroatoms. The van der Waals surface area contributed by atoms with Crippen LogP contribution in [0.1, 0.15) is 12.8 Å². The summed E-state index contributed by atoms with van der Waals surface area (Å²) < 4.78 is 34.6. The summed E-state index contributed by atoms with van der Waals surface area (Å²) in [5.74, 6) is -0.637. The van der Waals surface area contributed by atoms with Crippen molar-refractivity contribution in [1.82, 2.24) is 4.57 Å².